The lowest BCUT2D eigenvalue weighted by Crippen LogP contribution is -2.42. The van der Waals surface area contributed by atoms with Crippen molar-refractivity contribution < 1.29 is 0 Å². The van der Waals surface area contributed by atoms with Crippen LogP contribution in [-0.4, -0.2) is 24.5 Å². The fourth-order valence-electron chi connectivity index (χ4n) is 3.40. The molecule has 26 heavy (non-hydrogen) atoms. The van der Waals surface area contributed by atoms with Crippen molar-refractivity contribution in [2.24, 2.45) is 0 Å². The van der Waals surface area contributed by atoms with Crippen LogP contribution >= 0.6 is 0 Å². The van der Waals surface area contributed by atoms with E-state index in [-0.39, 0.29) is 0 Å². The summed E-state index contributed by atoms with van der Waals surface area (Å²) in [4.78, 5) is 2.59. The molecule has 0 aliphatic heterocycles. The van der Waals surface area contributed by atoms with Crippen LogP contribution in [0.5, 0.6) is 0 Å². The molecule has 0 aliphatic carbocycles. The summed E-state index contributed by atoms with van der Waals surface area (Å²) < 4.78 is 0. The Balaban J connectivity index is 1.82. The zero-order valence-corrected chi connectivity index (χ0v) is 15.5. The Hall–Kier alpha value is -2.42. The Kier molecular flexibility index (Phi) is 7.00. The van der Waals surface area contributed by atoms with Gasteiger partial charge in [-0.15, -0.1) is 0 Å². The first-order valence-electron chi connectivity index (χ1n) is 9.35. The lowest BCUT2D eigenvalue weighted by Gasteiger charge is -2.32. The molecule has 0 heterocycles. The van der Waals surface area contributed by atoms with Gasteiger partial charge in [0.1, 0.15) is 0 Å². The highest BCUT2D eigenvalue weighted by Crippen LogP contribution is 2.16. The monoisotopic (exact) mass is 344 g/mol. The van der Waals surface area contributed by atoms with E-state index in [1.165, 1.54) is 16.7 Å². The molecule has 0 fully saturated rings. The molecule has 0 spiro atoms. The Morgan fingerprint density at radius 3 is 1.50 bits per heavy atom. The molecule has 0 bridgehead atoms. The Morgan fingerprint density at radius 2 is 1.08 bits per heavy atom. The molecule has 3 aromatic rings. The van der Waals surface area contributed by atoms with Crippen molar-refractivity contribution in [2.45, 2.75) is 25.6 Å². The van der Waals surface area contributed by atoms with Gasteiger partial charge in [-0.1, -0.05) is 91.0 Å². The second-order valence-electron chi connectivity index (χ2n) is 6.78. The smallest absolute Gasteiger partial charge is 0.0267 e. The van der Waals surface area contributed by atoms with Gasteiger partial charge >= 0.3 is 0 Å². The molecule has 0 radical (unpaired) electrons. The fourth-order valence-corrected chi connectivity index (χ4v) is 3.40. The van der Waals surface area contributed by atoms with Gasteiger partial charge in [-0.05, 0) is 30.2 Å². The average Bonchev–Trinajstić information content (AvgIpc) is 2.70. The predicted molar refractivity (Wildman–Crippen MR) is 110 cm³/mol. The lowest BCUT2D eigenvalue weighted by molar-refractivity contribution is 0.174. The molecule has 3 aromatic carbocycles. The highest BCUT2D eigenvalue weighted by atomic mass is 15.2. The van der Waals surface area contributed by atoms with Gasteiger partial charge in [0.25, 0.3) is 0 Å². The Morgan fingerprint density at radius 1 is 0.654 bits per heavy atom. The average molecular weight is 345 g/mol. The first-order chi connectivity index (χ1) is 12.8. The number of hydrogen-bond donors (Lipinski definition) is 1. The SMILES string of the molecule is CNC[C@H](Cc1ccccc1)N(Cc1ccccc1)Cc1ccccc1. The minimum Gasteiger partial charge on any atom is -0.318 e. The molecule has 0 amide bonds. The van der Waals surface area contributed by atoms with Crippen LogP contribution in [0.4, 0.5) is 0 Å². The molecule has 2 heteroatoms. The molecule has 3 rings (SSSR count). The van der Waals surface area contributed by atoms with E-state index >= 15 is 0 Å². The van der Waals surface area contributed by atoms with Gasteiger partial charge in [0.05, 0.1) is 0 Å². The molecule has 0 aliphatic rings. The van der Waals surface area contributed by atoms with E-state index in [1.54, 1.807) is 0 Å². The van der Waals surface area contributed by atoms with Gasteiger partial charge in [-0.3, -0.25) is 4.90 Å². The Bertz CT molecular complexity index is 699. The minimum absolute atomic E-state index is 0.433. The fraction of sp³-hybridized carbons (Fsp3) is 0.250. The van der Waals surface area contributed by atoms with E-state index in [4.69, 9.17) is 0 Å². The predicted octanol–water partition coefficient (Wildman–Crippen LogP) is 4.52. The van der Waals surface area contributed by atoms with Gasteiger partial charge < -0.3 is 5.32 Å². The first-order valence-corrected chi connectivity index (χ1v) is 9.35. The van der Waals surface area contributed by atoms with Gasteiger partial charge in [0, 0.05) is 25.7 Å². The molecular formula is C24H28N2. The molecule has 0 saturated heterocycles. The molecule has 2 nitrogen and oxygen atoms in total. The standard InChI is InChI=1S/C24H28N2/c1-25-18-24(17-21-11-5-2-6-12-21)26(19-22-13-7-3-8-14-22)20-23-15-9-4-10-16-23/h2-16,24-25H,17-20H2,1H3/t24-/m0/s1. The zero-order valence-electron chi connectivity index (χ0n) is 15.5. The number of likely N-dealkylation sites (N-methyl/N-ethyl adjacent to an activating group) is 1. The maximum atomic E-state index is 3.40. The number of nitrogens with zero attached hydrogens (tertiary/aromatic N) is 1. The van der Waals surface area contributed by atoms with E-state index in [2.05, 4.69) is 101 Å². The second-order valence-corrected chi connectivity index (χ2v) is 6.78. The number of nitrogens with one attached hydrogen (secondary N) is 1. The molecule has 0 unspecified atom stereocenters. The third-order valence-corrected chi connectivity index (χ3v) is 4.73. The van der Waals surface area contributed by atoms with E-state index in [1.807, 2.05) is 7.05 Å². The summed E-state index contributed by atoms with van der Waals surface area (Å²) in [5, 5.41) is 3.40. The van der Waals surface area contributed by atoms with Crippen LogP contribution in [0.2, 0.25) is 0 Å². The van der Waals surface area contributed by atoms with Crippen molar-refractivity contribution in [3.63, 3.8) is 0 Å². The van der Waals surface area contributed by atoms with Crippen molar-refractivity contribution >= 4 is 0 Å². The summed E-state index contributed by atoms with van der Waals surface area (Å²) in [5.74, 6) is 0. The van der Waals surface area contributed by atoms with Crippen molar-refractivity contribution in [2.75, 3.05) is 13.6 Å². The van der Waals surface area contributed by atoms with Gasteiger partial charge in [0.15, 0.2) is 0 Å². The third kappa shape index (κ3) is 5.55. The van der Waals surface area contributed by atoms with Crippen LogP contribution < -0.4 is 5.32 Å². The van der Waals surface area contributed by atoms with E-state index in [0.717, 1.165) is 26.1 Å². The van der Waals surface area contributed by atoms with Crippen molar-refractivity contribution in [3.05, 3.63) is 108 Å². The highest BCUT2D eigenvalue weighted by Gasteiger charge is 2.19. The van der Waals surface area contributed by atoms with Gasteiger partial charge in [0.2, 0.25) is 0 Å². The summed E-state index contributed by atoms with van der Waals surface area (Å²) in [6, 6.07) is 32.8. The number of rotatable bonds is 9. The van der Waals surface area contributed by atoms with E-state index < -0.39 is 0 Å². The minimum atomic E-state index is 0.433. The maximum Gasteiger partial charge on any atom is 0.0267 e. The molecule has 1 N–H and O–H groups in total. The Labute approximate surface area is 157 Å². The first kappa shape index (κ1) is 18.4. The maximum absolute atomic E-state index is 3.40. The summed E-state index contributed by atoms with van der Waals surface area (Å²) >= 11 is 0. The number of hydrogen-bond acceptors (Lipinski definition) is 2. The van der Waals surface area contributed by atoms with Gasteiger partial charge in [-0.2, -0.15) is 0 Å². The van der Waals surface area contributed by atoms with Crippen LogP contribution in [0, 0.1) is 0 Å². The molecule has 0 aromatic heterocycles. The second kappa shape index (κ2) is 9.91. The quantitative estimate of drug-likeness (QED) is 0.614. The van der Waals surface area contributed by atoms with Crippen LogP contribution in [-0.2, 0) is 19.5 Å². The molecular weight excluding hydrogens is 316 g/mol. The molecule has 134 valence electrons. The van der Waals surface area contributed by atoms with Crippen LogP contribution in [0.25, 0.3) is 0 Å². The van der Waals surface area contributed by atoms with E-state index in [9.17, 15) is 0 Å². The summed E-state index contributed by atoms with van der Waals surface area (Å²) in [6.07, 6.45) is 1.04. The zero-order chi connectivity index (χ0) is 18.0. The topological polar surface area (TPSA) is 15.3 Å². The van der Waals surface area contributed by atoms with E-state index in [0.29, 0.717) is 6.04 Å². The van der Waals surface area contributed by atoms with Crippen molar-refractivity contribution in [3.8, 4) is 0 Å². The van der Waals surface area contributed by atoms with Crippen LogP contribution in [0.15, 0.2) is 91.0 Å². The molecule has 0 saturated carbocycles. The van der Waals surface area contributed by atoms with Crippen LogP contribution in [0.1, 0.15) is 16.7 Å². The lowest BCUT2D eigenvalue weighted by atomic mass is 10.0. The third-order valence-electron chi connectivity index (χ3n) is 4.73. The normalized spacial score (nSPS) is 12.2. The summed E-state index contributed by atoms with van der Waals surface area (Å²) in [5.41, 5.74) is 4.11. The number of benzene rings is 3. The highest BCUT2D eigenvalue weighted by molar-refractivity contribution is 5.19. The van der Waals surface area contributed by atoms with Crippen LogP contribution in [0.3, 0.4) is 0 Å². The van der Waals surface area contributed by atoms with Crippen molar-refractivity contribution in [1.82, 2.24) is 10.2 Å². The van der Waals surface area contributed by atoms with Crippen molar-refractivity contribution in [1.29, 1.82) is 0 Å². The largest absolute Gasteiger partial charge is 0.318 e. The summed E-state index contributed by atoms with van der Waals surface area (Å²) in [7, 11) is 2.04. The van der Waals surface area contributed by atoms with Gasteiger partial charge in [-0.25, -0.2) is 0 Å². The summed E-state index contributed by atoms with van der Waals surface area (Å²) in [6.45, 7) is 2.87. The molecule has 1 atom stereocenters.